The fraction of sp³-hybridized carbons (Fsp3) is 0.211. The second kappa shape index (κ2) is 7.53. The molecule has 0 bridgehead atoms. The third kappa shape index (κ3) is 3.52. The number of nitrogens with one attached hydrogen (secondary N) is 2. The monoisotopic (exact) mass is 364 g/mol. The van der Waals surface area contributed by atoms with Crippen LogP contribution >= 0.6 is 11.3 Å². The Labute approximate surface area is 155 Å². The van der Waals surface area contributed by atoms with Gasteiger partial charge >= 0.3 is 0 Å². The molecule has 0 amide bonds. The summed E-state index contributed by atoms with van der Waals surface area (Å²) in [6.45, 7) is 3.87. The Bertz CT molecular complexity index is 975. The van der Waals surface area contributed by atoms with Gasteiger partial charge < -0.3 is 10.6 Å². The van der Waals surface area contributed by atoms with Crippen LogP contribution in [-0.4, -0.2) is 26.4 Å². The van der Waals surface area contributed by atoms with Crippen molar-refractivity contribution in [2.75, 3.05) is 17.2 Å². The molecule has 4 rings (SSSR count). The average Bonchev–Trinajstić information content (AvgIpc) is 3.34. The number of hydrogen-bond acceptors (Lipinski definition) is 6. The molecule has 0 unspecified atom stereocenters. The van der Waals surface area contributed by atoms with Crippen molar-refractivity contribution in [1.82, 2.24) is 19.8 Å². The van der Waals surface area contributed by atoms with E-state index < -0.39 is 0 Å². The van der Waals surface area contributed by atoms with E-state index in [4.69, 9.17) is 0 Å². The second-order valence-corrected chi connectivity index (χ2v) is 6.78. The van der Waals surface area contributed by atoms with Crippen LogP contribution in [0.3, 0.4) is 0 Å². The Morgan fingerprint density at radius 2 is 1.88 bits per heavy atom. The van der Waals surface area contributed by atoms with Crippen LogP contribution in [0.4, 0.5) is 11.5 Å². The number of rotatable bonds is 7. The quantitative estimate of drug-likeness (QED) is 0.512. The summed E-state index contributed by atoms with van der Waals surface area (Å²) in [5.41, 5.74) is 4.13. The molecule has 3 aromatic heterocycles. The van der Waals surface area contributed by atoms with Gasteiger partial charge in [0.25, 0.3) is 0 Å². The summed E-state index contributed by atoms with van der Waals surface area (Å²) in [7, 11) is 0. The molecule has 0 saturated carbocycles. The summed E-state index contributed by atoms with van der Waals surface area (Å²) in [6, 6.07) is 14.3. The predicted molar refractivity (Wildman–Crippen MR) is 107 cm³/mol. The second-order valence-electron chi connectivity index (χ2n) is 6.00. The first-order chi connectivity index (χ1) is 12.8. The maximum Gasteiger partial charge on any atom is 0.186 e. The highest BCUT2D eigenvalue weighted by Gasteiger charge is 2.10. The summed E-state index contributed by atoms with van der Waals surface area (Å²) in [4.78, 5) is 0. The van der Waals surface area contributed by atoms with E-state index in [0.29, 0.717) is 6.54 Å². The van der Waals surface area contributed by atoms with Crippen molar-refractivity contribution in [3.63, 3.8) is 0 Å². The maximum absolute atomic E-state index is 4.64. The number of nitrogens with zero attached hydrogens (tertiary/aromatic N) is 4. The van der Waals surface area contributed by atoms with Gasteiger partial charge in [0, 0.05) is 29.7 Å². The molecular weight excluding hydrogens is 344 g/mol. The molecular formula is C19H20N6S. The smallest absolute Gasteiger partial charge is 0.186 e. The van der Waals surface area contributed by atoms with Gasteiger partial charge in [0.05, 0.1) is 0 Å². The third-order valence-electron chi connectivity index (χ3n) is 4.05. The maximum atomic E-state index is 4.64. The highest BCUT2D eigenvalue weighted by atomic mass is 32.1. The van der Waals surface area contributed by atoms with Crippen molar-refractivity contribution in [3.05, 3.63) is 58.8 Å². The molecule has 7 heteroatoms. The Balaban J connectivity index is 1.48. The molecule has 4 aromatic rings. The van der Waals surface area contributed by atoms with E-state index in [0.717, 1.165) is 41.5 Å². The lowest BCUT2D eigenvalue weighted by molar-refractivity contribution is 0.926. The van der Waals surface area contributed by atoms with E-state index in [2.05, 4.69) is 57.1 Å². The number of benzene rings is 1. The van der Waals surface area contributed by atoms with Crippen LogP contribution in [-0.2, 0) is 6.54 Å². The van der Waals surface area contributed by atoms with Gasteiger partial charge in [-0.25, -0.2) is 0 Å². The molecule has 0 radical (unpaired) electrons. The van der Waals surface area contributed by atoms with Crippen LogP contribution in [0.2, 0.25) is 0 Å². The molecule has 0 fully saturated rings. The Hall–Kier alpha value is -2.93. The zero-order valence-electron chi connectivity index (χ0n) is 14.5. The minimum atomic E-state index is 0.711. The standard InChI is InChI=1S/C19H20N6S/c1-2-10-20-16-5-3-14(4-6-16)12-21-17-7-8-18-22-23-19(25(18)24-17)15-9-11-26-13-15/h3-9,11,13,20H,2,10,12H2,1H3,(H,21,24). The van der Waals surface area contributed by atoms with Crippen LogP contribution in [0.25, 0.3) is 17.0 Å². The Kier molecular flexibility index (Phi) is 4.79. The van der Waals surface area contributed by atoms with E-state index in [-0.39, 0.29) is 0 Å². The number of hydrogen-bond donors (Lipinski definition) is 2. The summed E-state index contributed by atoms with van der Waals surface area (Å²) in [6.07, 6.45) is 1.12. The third-order valence-corrected chi connectivity index (χ3v) is 4.73. The van der Waals surface area contributed by atoms with Gasteiger partial charge in [-0.05, 0) is 47.7 Å². The van der Waals surface area contributed by atoms with Crippen molar-refractivity contribution < 1.29 is 0 Å². The Morgan fingerprint density at radius 1 is 1.00 bits per heavy atom. The number of fused-ring (bicyclic) bond motifs is 1. The predicted octanol–water partition coefficient (Wildman–Crippen LogP) is 4.29. The summed E-state index contributed by atoms with van der Waals surface area (Å²) in [5.74, 6) is 1.55. The normalized spacial score (nSPS) is 11.0. The molecule has 0 aliphatic heterocycles. The van der Waals surface area contributed by atoms with Gasteiger partial charge in [0.15, 0.2) is 11.5 Å². The minimum absolute atomic E-state index is 0.711. The van der Waals surface area contributed by atoms with E-state index >= 15 is 0 Å². The summed E-state index contributed by atoms with van der Waals surface area (Å²) >= 11 is 1.63. The van der Waals surface area contributed by atoms with Crippen LogP contribution < -0.4 is 10.6 Å². The summed E-state index contributed by atoms with van der Waals surface area (Å²) in [5, 5.41) is 23.9. The molecule has 0 atom stereocenters. The first kappa shape index (κ1) is 16.5. The topological polar surface area (TPSA) is 67.1 Å². The zero-order chi connectivity index (χ0) is 17.8. The van der Waals surface area contributed by atoms with Crippen molar-refractivity contribution in [1.29, 1.82) is 0 Å². The summed E-state index contributed by atoms with van der Waals surface area (Å²) < 4.78 is 1.78. The SMILES string of the molecule is CCCNc1ccc(CNc2ccc3nnc(-c4ccsc4)n3n2)cc1. The number of thiophene rings is 1. The first-order valence-corrected chi connectivity index (χ1v) is 9.59. The van der Waals surface area contributed by atoms with Crippen LogP contribution in [0.5, 0.6) is 0 Å². The van der Waals surface area contributed by atoms with E-state index in [1.807, 2.05) is 29.0 Å². The van der Waals surface area contributed by atoms with Gasteiger partial charge in [-0.15, -0.1) is 15.3 Å². The molecule has 1 aromatic carbocycles. The highest BCUT2D eigenvalue weighted by molar-refractivity contribution is 7.08. The van der Waals surface area contributed by atoms with Gasteiger partial charge in [-0.2, -0.15) is 15.9 Å². The fourth-order valence-corrected chi connectivity index (χ4v) is 3.29. The number of aromatic nitrogens is 4. The average molecular weight is 364 g/mol. The Morgan fingerprint density at radius 3 is 2.65 bits per heavy atom. The lowest BCUT2D eigenvalue weighted by Gasteiger charge is -2.08. The van der Waals surface area contributed by atoms with Crippen LogP contribution in [0.15, 0.2) is 53.2 Å². The lowest BCUT2D eigenvalue weighted by atomic mass is 10.2. The van der Waals surface area contributed by atoms with Crippen molar-refractivity contribution in [3.8, 4) is 11.4 Å². The zero-order valence-corrected chi connectivity index (χ0v) is 15.3. The van der Waals surface area contributed by atoms with Gasteiger partial charge in [0.1, 0.15) is 5.82 Å². The molecule has 6 nitrogen and oxygen atoms in total. The minimum Gasteiger partial charge on any atom is -0.385 e. The molecule has 0 saturated heterocycles. The fourth-order valence-electron chi connectivity index (χ4n) is 2.66. The molecule has 2 N–H and O–H groups in total. The molecule has 3 heterocycles. The number of anilines is 2. The molecule has 132 valence electrons. The molecule has 0 aliphatic carbocycles. The highest BCUT2D eigenvalue weighted by Crippen LogP contribution is 2.21. The van der Waals surface area contributed by atoms with E-state index in [1.165, 1.54) is 5.56 Å². The van der Waals surface area contributed by atoms with E-state index in [1.54, 1.807) is 15.9 Å². The molecule has 26 heavy (non-hydrogen) atoms. The molecule has 0 aliphatic rings. The molecule has 0 spiro atoms. The van der Waals surface area contributed by atoms with Gasteiger partial charge in [0.2, 0.25) is 0 Å². The van der Waals surface area contributed by atoms with Crippen LogP contribution in [0, 0.1) is 0 Å². The van der Waals surface area contributed by atoms with E-state index in [9.17, 15) is 0 Å². The largest absolute Gasteiger partial charge is 0.385 e. The van der Waals surface area contributed by atoms with Gasteiger partial charge in [-0.1, -0.05) is 19.1 Å². The van der Waals surface area contributed by atoms with Crippen molar-refractivity contribution >= 4 is 28.5 Å². The first-order valence-electron chi connectivity index (χ1n) is 8.65. The van der Waals surface area contributed by atoms with Crippen molar-refractivity contribution in [2.45, 2.75) is 19.9 Å². The lowest BCUT2D eigenvalue weighted by Crippen LogP contribution is -2.05. The van der Waals surface area contributed by atoms with Gasteiger partial charge in [-0.3, -0.25) is 0 Å². The van der Waals surface area contributed by atoms with Crippen LogP contribution in [0.1, 0.15) is 18.9 Å². The van der Waals surface area contributed by atoms with Crippen molar-refractivity contribution in [2.24, 2.45) is 0 Å².